The summed E-state index contributed by atoms with van der Waals surface area (Å²) in [6.07, 6.45) is -3.76. The molecule has 3 N–H and O–H groups in total. The molecule has 0 aliphatic carbocycles. The number of thioether (sulfide) groups is 1. The zero-order valence-corrected chi connectivity index (χ0v) is 16.7. The molecule has 0 amide bonds. The number of amidine groups is 1. The molecule has 0 bridgehead atoms. The van der Waals surface area contributed by atoms with Crippen LogP contribution in [0.1, 0.15) is 5.69 Å². The maximum absolute atomic E-state index is 13.6. The lowest BCUT2D eigenvalue weighted by molar-refractivity contribution is -0.140. The van der Waals surface area contributed by atoms with Crippen LogP contribution in [0.25, 0.3) is 11.3 Å². The molecule has 1 saturated heterocycles. The first-order chi connectivity index (χ1) is 14.8. The highest BCUT2D eigenvalue weighted by atomic mass is 32.2. The van der Waals surface area contributed by atoms with Gasteiger partial charge in [0.1, 0.15) is 11.1 Å². The Hall–Kier alpha value is -3.18. The highest BCUT2D eigenvalue weighted by Crippen LogP contribution is 2.36. The first kappa shape index (κ1) is 21.1. The molecule has 2 aliphatic rings. The van der Waals surface area contributed by atoms with Crippen LogP contribution in [0.3, 0.4) is 0 Å². The summed E-state index contributed by atoms with van der Waals surface area (Å²) in [4.78, 5) is 21.9. The van der Waals surface area contributed by atoms with Gasteiger partial charge < -0.3 is 20.7 Å². The van der Waals surface area contributed by atoms with E-state index in [2.05, 4.69) is 36.3 Å². The number of nitrogens with two attached hydrogens (primary N) is 1. The highest BCUT2D eigenvalue weighted by molar-refractivity contribution is 8.15. The second-order valence-electron chi connectivity index (χ2n) is 6.53. The Morgan fingerprint density at radius 1 is 1.26 bits per heavy atom. The van der Waals surface area contributed by atoms with Crippen molar-refractivity contribution < 1.29 is 17.9 Å². The van der Waals surface area contributed by atoms with Crippen LogP contribution < -0.4 is 16.0 Å². The zero-order valence-electron chi connectivity index (χ0n) is 15.9. The number of nitrogen functional groups attached to an aromatic ring is 1. The summed E-state index contributed by atoms with van der Waals surface area (Å²) in [5.74, 6) is -0.0221. The molecule has 4 rings (SSSR count). The second-order valence-corrected chi connectivity index (χ2v) is 7.72. The first-order valence-corrected chi connectivity index (χ1v) is 10.0. The number of alkyl halides is 3. The van der Waals surface area contributed by atoms with Gasteiger partial charge in [-0.25, -0.2) is 15.0 Å². The molecule has 31 heavy (non-hydrogen) atoms. The average molecular weight is 451 g/mol. The summed E-state index contributed by atoms with van der Waals surface area (Å²) in [6, 6.07) is 3.47. The quantitative estimate of drug-likeness (QED) is 0.710. The molecule has 0 spiro atoms. The standard InChI is InChI=1S/C17H16F3N9OS/c18-17(19,20)13-10(8-23-14(22)28-13)11-5-12(27-16-24-7-9(6-21)31-16)26-15(25-11)29-1-3-30-4-2-29/h5,8-9H,1-4,7H2,(H2,22,23,28)(H,24,25,26,27). The van der Waals surface area contributed by atoms with Gasteiger partial charge >= 0.3 is 6.18 Å². The third-order valence-corrected chi connectivity index (χ3v) is 5.39. The Bertz CT molecular complexity index is 1050. The van der Waals surface area contributed by atoms with Crippen molar-refractivity contribution in [2.75, 3.05) is 48.8 Å². The van der Waals surface area contributed by atoms with E-state index < -0.39 is 17.8 Å². The Morgan fingerprint density at radius 2 is 2.03 bits per heavy atom. The van der Waals surface area contributed by atoms with Crippen molar-refractivity contribution in [3.63, 3.8) is 0 Å². The predicted octanol–water partition coefficient (Wildman–Crippen LogP) is 1.78. The molecule has 0 saturated carbocycles. The number of hydrogen-bond acceptors (Lipinski definition) is 11. The number of hydrogen-bond donors (Lipinski definition) is 2. The number of ether oxygens (including phenoxy) is 1. The number of rotatable bonds is 3. The topological polar surface area (TPSA) is 138 Å². The van der Waals surface area contributed by atoms with E-state index in [4.69, 9.17) is 15.7 Å². The maximum Gasteiger partial charge on any atom is 0.434 e. The van der Waals surface area contributed by atoms with Crippen molar-refractivity contribution in [1.82, 2.24) is 19.9 Å². The number of aliphatic imine (C=N–C) groups is 1. The average Bonchev–Trinajstić information content (AvgIpc) is 3.21. The molecule has 2 aliphatic heterocycles. The molecule has 1 atom stereocenters. The zero-order chi connectivity index (χ0) is 22.0. The van der Waals surface area contributed by atoms with Crippen molar-refractivity contribution in [3.8, 4) is 17.3 Å². The number of anilines is 3. The van der Waals surface area contributed by atoms with Gasteiger partial charge in [0.2, 0.25) is 11.9 Å². The fraction of sp³-hybridized carbons (Fsp3) is 0.412. The summed E-state index contributed by atoms with van der Waals surface area (Å²) in [5, 5.41) is 12.1. The summed E-state index contributed by atoms with van der Waals surface area (Å²) < 4.78 is 46.1. The predicted molar refractivity (Wildman–Crippen MR) is 108 cm³/mol. The van der Waals surface area contributed by atoms with Crippen molar-refractivity contribution in [3.05, 3.63) is 18.0 Å². The molecule has 1 fully saturated rings. The molecule has 14 heteroatoms. The number of morpholine rings is 1. The third-order valence-electron chi connectivity index (χ3n) is 4.39. The van der Waals surface area contributed by atoms with Gasteiger partial charge in [-0.3, -0.25) is 4.99 Å². The number of nitrogens with one attached hydrogen (secondary N) is 1. The van der Waals surface area contributed by atoms with Crippen LogP contribution in [-0.2, 0) is 10.9 Å². The van der Waals surface area contributed by atoms with Crippen molar-refractivity contribution >= 4 is 34.6 Å². The van der Waals surface area contributed by atoms with Crippen LogP contribution in [-0.4, -0.2) is 63.2 Å². The van der Waals surface area contributed by atoms with Crippen LogP contribution >= 0.6 is 11.8 Å². The molecule has 4 heterocycles. The Balaban J connectivity index is 1.76. The van der Waals surface area contributed by atoms with Gasteiger partial charge in [-0.05, 0) is 0 Å². The SMILES string of the molecule is N#CC1CN=C(Nc2cc(-c3cnc(N)nc3C(F)(F)F)nc(N3CCOCC3)n2)S1. The minimum atomic E-state index is -4.75. The molecule has 1 unspecified atom stereocenters. The lowest BCUT2D eigenvalue weighted by Crippen LogP contribution is -2.37. The lowest BCUT2D eigenvalue weighted by Gasteiger charge is -2.27. The van der Waals surface area contributed by atoms with Crippen molar-refractivity contribution in [2.45, 2.75) is 11.4 Å². The molecular weight excluding hydrogens is 435 g/mol. The number of nitriles is 1. The van der Waals surface area contributed by atoms with E-state index in [-0.39, 0.29) is 28.3 Å². The molecular formula is C17H16F3N9OS. The number of nitrogens with zero attached hydrogens (tertiary/aromatic N) is 7. The van der Waals surface area contributed by atoms with Gasteiger partial charge in [0.25, 0.3) is 0 Å². The Labute approximate surface area is 178 Å². The monoisotopic (exact) mass is 451 g/mol. The second kappa shape index (κ2) is 8.52. The summed E-state index contributed by atoms with van der Waals surface area (Å²) >= 11 is 1.22. The fourth-order valence-electron chi connectivity index (χ4n) is 2.96. The molecule has 2 aromatic rings. The summed E-state index contributed by atoms with van der Waals surface area (Å²) in [5.41, 5.74) is 3.85. The smallest absolute Gasteiger partial charge is 0.378 e. The normalized spacial score (nSPS) is 19.1. The molecule has 0 radical (unpaired) electrons. The summed E-state index contributed by atoms with van der Waals surface area (Å²) in [6.45, 7) is 2.18. The lowest BCUT2D eigenvalue weighted by atomic mass is 10.1. The Morgan fingerprint density at radius 3 is 2.71 bits per heavy atom. The van der Waals surface area contributed by atoms with Gasteiger partial charge in [-0.15, -0.1) is 0 Å². The van der Waals surface area contributed by atoms with Crippen LogP contribution in [0.4, 0.5) is 30.9 Å². The van der Waals surface area contributed by atoms with Crippen LogP contribution in [0.5, 0.6) is 0 Å². The third kappa shape index (κ3) is 4.78. The number of halogens is 3. The molecule has 10 nitrogen and oxygen atoms in total. The largest absolute Gasteiger partial charge is 0.434 e. The van der Waals surface area contributed by atoms with E-state index >= 15 is 0 Å². The minimum Gasteiger partial charge on any atom is -0.378 e. The number of aromatic nitrogens is 4. The first-order valence-electron chi connectivity index (χ1n) is 9.13. The van der Waals surface area contributed by atoms with Gasteiger partial charge in [-0.2, -0.15) is 23.4 Å². The van der Waals surface area contributed by atoms with Gasteiger partial charge in [0, 0.05) is 30.9 Å². The Kier molecular flexibility index (Phi) is 5.79. The van der Waals surface area contributed by atoms with Crippen LogP contribution in [0.15, 0.2) is 17.3 Å². The van der Waals surface area contributed by atoms with Gasteiger partial charge in [-0.1, -0.05) is 11.8 Å². The van der Waals surface area contributed by atoms with Gasteiger partial charge in [0.05, 0.1) is 31.5 Å². The highest BCUT2D eigenvalue weighted by Gasteiger charge is 2.37. The molecule has 0 aromatic carbocycles. The summed E-state index contributed by atoms with van der Waals surface area (Å²) in [7, 11) is 0. The van der Waals surface area contributed by atoms with E-state index in [0.717, 1.165) is 6.20 Å². The van der Waals surface area contributed by atoms with E-state index in [9.17, 15) is 13.2 Å². The minimum absolute atomic E-state index is 0.0215. The maximum atomic E-state index is 13.6. The van der Waals surface area contributed by atoms with E-state index in [1.165, 1.54) is 17.8 Å². The fourth-order valence-corrected chi connectivity index (χ4v) is 3.74. The van der Waals surface area contributed by atoms with Crippen LogP contribution in [0.2, 0.25) is 0 Å². The van der Waals surface area contributed by atoms with E-state index in [1.807, 2.05) is 4.90 Å². The molecule has 162 valence electrons. The van der Waals surface area contributed by atoms with Gasteiger partial charge in [0.15, 0.2) is 10.9 Å². The van der Waals surface area contributed by atoms with Crippen molar-refractivity contribution in [1.29, 1.82) is 5.26 Å². The van der Waals surface area contributed by atoms with E-state index in [0.29, 0.717) is 38.0 Å². The van der Waals surface area contributed by atoms with Crippen LogP contribution in [0, 0.1) is 11.3 Å². The molecule has 2 aromatic heterocycles. The van der Waals surface area contributed by atoms with E-state index in [1.54, 1.807) is 0 Å². The van der Waals surface area contributed by atoms with Crippen molar-refractivity contribution in [2.24, 2.45) is 4.99 Å².